The molecule has 0 spiro atoms. The molecule has 134 valence electrons. The van der Waals surface area contributed by atoms with Crippen LogP contribution in [0.1, 0.15) is 6.42 Å². The van der Waals surface area contributed by atoms with Gasteiger partial charge < -0.3 is 14.9 Å². The smallest absolute Gasteiger partial charge is 0.0661 e. The molecule has 25 heavy (non-hydrogen) atoms. The summed E-state index contributed by atoms with van der Waals surface area (Å²) in [4.78, 5) is 10.2. The Hall–Kier alpha value is -1.05. The highest BCUT2D eigenvalue weighted by Crippen LogP contribution is 2.49. The fourth-order valence-electron chi connectivity index (χ4n) is 3.64. The second-order valence-electron chi connectivity index (χ2n) is 6.60. The molecule has 2 aromatic rings. The van der Waals surface area contributed by atoms with Crippen molar-refractivity contribution in [2.75, 3.05) is 57.3 Å². The van der Waals surface area contributed by atoms with Crippen LogP contribution >= 0.6 is 23.1 Å². The highest BCUT2D eigenvalue weighted by Gasteiger charge is 2.24. The second kappa shape index (κ2) is 8.10. The molecular weight excluding hydrogens is 350 g/mol. The molecule has 4 nitrogen and oxygen atoms in total. The molecule has 1 fully saturated rings. The maximum atomic E-state index is 9.05. The summed E-state index contributed by atoms with van der Waals surface area (Å²) < 4.78 is 0. The number of fused-ring (bicyclic) bond motifs is 2. The van der Waals surface area contributed by atoms with Crippen LogP contribution in [0.3, 0.4) is 0 Å². The van der Waals surface area contributed by atoms with Gasteiger partial charge in [-0.3, -0.25) is 4.90 Å². The van der Waals surface area contributed by atoms with E-state index in [1.54, 1.807) is 11.3 Å². The van der Waals surface area contributed by atoms with Gasteiger partial charge in [-0.15, -0.1) is 11.3 Å². The van der Waals surface area contributed by atoms with Crippen LogP contribution < -0.4 is 4.90 Å². The summed E-state index contributed by atoms with van der Waals surface area (Å²) in [7, 11) is 0. The zero-order valence-electron chi connectivity index (χ0n) is 14.4. The van der Waals surface area contributed by atoms with Gasteiger partial charge in [-0.2, -0.15) is 0 Å². The molecule has 1 saturated heterocycles. The normalized spacial score (nSPS) is 18.2. The van der Waals surface area contributed by atoms with Gasteiger partial charge in [0.25, 0.3) is 0 Å². The molecule has 1 aromatic carbocycles. The Morgan fingerprint density at radius 2 is 1.60 bits per heavy atom. The van der Waals surface area contributed by atoms with Crippen molar-refractivity contribution in [2.24, 2.45) is 0 Å². The maximum absolute atomic E-state index is 9.05. The summed E-state index contributed by atoms with van der Waals surface area (Å²) in [5.41, 5.74) is 2.73. The maximum Gasteiger partial charge on any atom is 0.0661 e. The van der Waals surface area contributed by atoms with Gasteiger partial charge in [-0.25, -0.2) is 0 Å². The Morgan fingerprint density at radius 3 is 2.40 bits per heavy atom. The van der Waals surface area contributed by atoms with E-state index in [0.29, 0.717) is 0 Å². The van der Waals surface area contributed by atoms with Crippen molar-refractivity contribution in [3.8, 4) is 0 Å². The van der Waals surface area contributed by atoms with Crippen molar-refractivity contribution in [2.45, 2.75) is 16.2 Å². The van der Waals surface area contributed by atoms with E-state index >= 15 is 0 Å². The lowest BCUT2D eigenvalue weighted by Crippen LogP contribution is -2.47. The Morgan fingerprint density at radius 1 is 0.840 bits per heavy atom. The van der Waals surface area contributed by atoms with Crippen LogP contribution in [0, 0.1) is 0 Å². The number of rotatable bonds is 6. The summed E-state index contributed by atoms with van der Waals surface area (Å²) in [5.74, 6) is 0. The van der Waals surface area contributed by atoms with Gasteiger partial charge in [0, 0.05) is 59.8 Å². The standard InChI is InChI=1S/C19H25N3OS2/c23-13-12-21-10-8-20(9-11-21)6-3-7-22-16-4-1-2-5-18(16)25-19-15-24-14-17(19)22/h1-2,4-5,14-15,23H,3,6-13H2. The molecule has 6 heteroatoms. The summed E-state index contributed by atoms with van der Waals surface area (Å²) in [6.45, 7) is 7.71. The summed E-state index contributed by atoms with van der Waals surface area (Å²) in [5, 5.41) is 13.6. The van der Waals surface area contributed by atoms with E-state index in [-0.39, 0.29) is 6.61 Å². The molecule has 2 aliphatic heterocycles. The van der Waals surface area contributed by atoms with E-state index in [1.165, 1.54) is 27.6 Å². The van der Waals surface area contributed by atoms with E-state index in [0.717, 1.165) is 45.8 Å². The number of piperazine rings is 1. The Kier molecular flexibility index (Phi) is 5.63. The first kappa shape index (κ1) is 17.4. The zero-order valence-corrected chi connectivity index (χ0v) is 16.1. The molecule has 0 atom stereocenters. The van der Waals surface area contributed by atoms with Crippen molar-refractivity contribution in [3.63, 3.8) is 0 Å². The van der Waals surface area contributed by atoms with Gasteiger partial charge >= 0.3 is 0 Å². The molecule has 3 heterocycles. The first-order valence-corrected chi connectivity index (χ1v) is 10.8. The lowest BCUT2D eigenvalue weighted by molar-refractivity contribution is 0.112. The third-order valence-corrected chi connectivity index (χ3v) is 7.00. The predicted octanol–water partition coefficient (Wildman–Crippen LogP) is 3.35. The lowest BCUT2D eigenvalue weighted by Gasteiger charge is -2.35. The van der Waals surface area contributed by atoms with Gasteiger partial charge in [0.2, 0.25) is 0 Å². The number of aliphatic hydroxyl groups excluding tert-OH is 1. The minimum atomic E-state index is 0.273. The van der Waals surface area contributed by atoms with Crippen LogP contribution in [0.2, 0.25) is 0 Å². The topological polar surface area (TPSA) is 30.0 Å². The Labute approximate surface area is 158 Å². The summed E-state index contributed by atoms with van der Waals surface area (Å²) in [6.07, 6.45) is 1.17. The Bertz CT molecular complexity index is 697. The average molecular weight is 376 g/mol. The number of thiophene rings is 1. The highest BCUT2D eigenvalue weighted by atomic mass is 32.2. The van der Waals surface area contributed by atoms with Crippen molar-refractivity contribution in [1.29, 1.82) is 0 Å². The zero-order chi connectivity index (χ0) is 17.1. The third-order valence-electron chi connectivity index (χ3n) is 5.01. The molecule has 1 aromatic heterocycles. The summed E-state index contributed by atoms with van der Waals surface area (Å²) in [6, 6.07) is 8.75. The number of para-hydroxylation sites is 1. The predicted molar refractivity (Wildman–Crippen MR) is 106 cm³/mol. The molecule has 0 radical (unpaired) electrons. The molecule has 1 N–H and O–H groups in total. The lowest BCUT2D eigenvalue weighted by atomic mass is 10.2. The van der Waals surface area contributed by atoms with Gasteiger partial charge in [0.15, 0.2) is 0 Å². The van der Waals surface area contributed by atoms with Gasteiger partial charge in [0.05, 0.1) is 18.0 Å². The van der Waals surface area contributed by atoms with Crippen LogP contribution in [0.4, 0.5) is 11.4 Å². The molecule has 2 aliphatic rings. The van der Waals surface area contributed by atoms with Crippen LogP contribution in [0.5, 0.6) is 0 Å². The average Bonchev–Trinajstić information content (AvgIpc) is 3.11. The molecular formula is C19H25N3OS2. The number of hydrogen-bond acceptors (Lipinski definition) is 6. The van der Waals surface area contributed by atoms with E-state index in [1.807, 2.05) is 11.8 Å². The molecule has 0 saturated carbocycles. The Balaban J connectivity index is 1.35. The number of anilines is 2. The first-order valence-electron chi connectivity index (χ1n) is 9.01. The fraction of sp³-hybridized carbons (Fsp3) is 0.474. The molecule has 0 unspecified atom stereocenters. The fourth-order valence-corrected chi connectivity index (χ4v) is 5.71. The van der Waals surface area contributed by atoms with Crippen molar-refractivity contribution >= 4 is 34.5 Å². The van der Waals surface area contributed by atoms with Crippen molar-refractivity contribution in [3.05, 3.63) is 35.0 Å². The minimum Gasteiger partial charge on any atom is -0.395 e. The van der Waals surface area contributed by atoms with E-state index in [2.05, 4.69) is 49.7 Å². The number of hydrogen-bond donors (Lipinski definition) is 1. The number of benzene rings is 1. The van der Waals surface area contributed by atoms with Gasteiger partial charge in [-0.05, 0) is 25.1 Å². The van der Waals surface area contributed by atoms with Crippen molar-refractivity contribution < 1.29 is 5.11 Å². The molecule has 0 aliphatic carbocycles. The summed E-state index contributed by atoms with van der Waals surface area (Å²) >= 11 is 3.69. The number of nitrogens with zero attached hydrogens (tertiary/aromatic N) is 3. The quantitative estimate of drug-likeness (QED) is 0.836. The minimum absolute atomic E-state index is 0.273. The van der Waals surface area contributed by atoms with Crippen molar-refractivity contribution in [1.82, 2.24) is 9.80 Å². The third kappa shape index (κ3) is 3.88. The van der Waals surface area contributed by atoms with Gasteiger partial charge in [0.1, 0.15) is 0 Å². The molecule has 4 rings (SSSR count). The van der Waals surface area contributed by atoms with Crippen LogP contribution in [0.15, 0.2) is 44.8 Å². The SMILES string of the molecule is OCCN1CCN(CCCN2c3ccccc3Sc3cscc32)CC1. The number of β-amino-alcohol motifs (C(OH)–C–C–N with tert-alkyl or cyclic N) is 1. The monoisotopic (exact) mass is 375 g/mol. The highest BCUT2D eigenvalue weighted by molar-refractivity contribution is 7.99. The van der Waals surface area contributed by atoms with Gasteiger partial charge in [-0.1, -0.05) is 23.9 Å². The van der Waals surface area contributed by atoms with E-state index < -0.39 is 0 Å². The molecule has 0 amide bonds. The van der Waals surface area contributed by atoms with Crippen LogP contribution in [-0.2, 0) is 0 Å². The van der Waals surface area contributed by atoms with Crippen LogP contribution in [0.25, 0.3) is 0 Å². The second-order valence-corrected chi connectivity index (χ2v) is 8.43. The number of aliphatic hydroxyl groups is 1. The van der Waals surface area contributed by atoms with Crippen LogP contribution in [-0.4, -0.2) is 67.3 Å². The molecule has 0 bridgehead atoms. The first-order chi connectivity index (χ1) is 12.3. The van der Waals surface area contributed by atoms with E-state index in [9.17, 15) is 0 Å². The largest absolute Gasteiger partial charge is 0.395 e. The van der Waals surface area contributed by atoms with E-state index in [4.69, 9.17) is 5.11 Å².